The Kier molecular flexibility index (Phi) is 5.72. The molecule has 2 aromatic heterocycles. The molecule has 2 heterocycles. The first-order valence-corrected chi connectivity index (χ1v) is 10.1. The van der Waals surface area contributed by atoms with Crippen molar-refractivity contribution in [2.24, 2.45) is 0 Å². The van der Waals surface area contributed by atoms with Gasteiger partial charge in [0, 0.05) is 18.0 Å². The van der Waals surface area contributed by atoms with Gasteiger partial charge in [0.05, 0.1) is 25.7 Å². The number of carbonyl (C=O) groups is 1. The van der Waals surface area contributed by atoms with E-state index in [2.05, 4.69) is 10.2 Å². The number of aromatic nitrogens is 4. The fraction of sp³-hybridized carbons (Fsp3) is 0.143. The molecule has 0 spiro atoms. The minimum atomic E-state index is -0.448. The molecule has 0 atom stereocenters. The number of thioether (sulfide) groups is 1. The summed E-state index contributed by atoms with van der Waals surface area (Å²) in [5, 5.41) is 8.37. The molecule has 31 heavy (non-hydrogen) atoms. The van der Waals surface area contributed by atoms with Crippen molar-refractivity contribution in [1.82, 2.24) is 19.2 Å². The number of nitrogens with zero attached hydrogens (tertiary/aromatic N) is 4. The second-order valence-electron chi connectivity index (χ2n) is 6.41. The molecular formula is C21H17FN4O4S. The van der Waals surface area contributed by atoms with E-state index in [1.165, 1.54) is 47.6 Å². The van der Waals surface area contributed by atoms with Gasteiger partial charge in [-0.2, -0.15) is 0 Å². The summed E-state index contributed by atoms with van der Waals surface area (Å²) in [5.41, 5.74) is 0.479. The number of hydrogen-bond donors (Lipinski definition) is 0. The summed E-state index contributed by atoms with van der Waals surface area (Å²) in [6.45, 7) is 0. The predicted molar refractivity (Wildman–Crippen MR) is 113 cm³/mol. The average Bonchev–Trinajstić information content (AvgIpc) is 3.21. The molecule has 0 fully saturated rings. The van der Waals surface area contributed by atoms with Crippen molar-refractivity contribution in [3.05, 3.63) is 76.6 Å². The van der Waals surface area contributed by atoms with Crippen molar-refractivity contribution in [3.8, 4) is 17.2 Å². The van der Waals surface area contributed by atoms with E-state index in [1.54, 1.807) is 30.5 Å². The molecule has 0 amide bonds. The molecule has 2 aromatic carbocycles. The molecule has 0 aliphatic rings. The molecule has 0 N–H and O–H groups in total. The average molecular weight is 440 g/mol. The largest absolute Gasteiger partial charge is 0.493 e. The second kappa shape index (κ2) is 8.60. The van der Waals surface area contributed by atoms with Crippen LogP contribution >= 0.6 is 11.8 Å². The molecule has 0 aliphatic heterocycles. The molecule has 0 unspecified atom stereocenters. The minimum Gasteiger partial charge on any atom is -0.493 e. The molecular weight excluding hydrogens is 423 g/mol. The van der Waals surface area contributed by atoms with E-state index in [1.807, 2.05) is 0 Å². The van der Waals surface area contributed by atoms with Crippen LogP contribution in [0.15, 0.2) is 64.8 Å². The van der Waals surface area contributed by atoms with E-state index in [9.17, 15) is 14.0 Å². The lowest BCUT2D eigenvalue weighted by Crippen LogP contribution is -2.20. The minimum absolute atomic E-state index is 0.0767. The van der Waals surface area contributed by atoms with Gasteiger partial charge in [-0.05, 0) is 36.4 Å². The van der Waals surface area contributed by atoms with Crippen molar-refractivity contribution in [2.75, 3.05) is 20.0 Å². The van der Waals surface area contributed by atoms with Crippen LogP contribution in [-0.2, 0) is 0 Å². The van der Waals surface area contributed by atoms with Gasteiger partial charge in [-0.3, -0.25) is 18.6 Å². The Morgan fingerprint density at radius 2 is 1.87 bits per heavy atom. The molecule has 4 rings (SSSR count). The number of methoxy groups -OCH3 is 2. The number of ketones is 1. The summed E-state index contributed by atoms with van der Waals surface area (Å²) in [6.07, 6.45) is 3.11. The van der Waals surface area contributed by atoms with Crippen molar-refractivity contribution in [3.63, 3.8) is 0 Å². The first-order chi connectivity index (χ1) is 15.0. The fourth-order valence-electron chi connectivity index (χ4n) is 3.02. The number of carbonyl (C=O) groups excluding carboxylic acids is 1. The molecule has 0 aliphatic carbocycles. The lowest BCUT2D eigenvalue weighted by Gasteiger charge is -2.09. The Bertz CT molecular complexity index is 1330. The standard InChI is InChI=1S/C21H17FN4O4S/c1-29-17-7-6-13(10-18(17)30-2)16(27)12-31-21-24-23-19-20(28)25(8-9-26(19)21)15-5-3-4-14(22)11-15/h3-11H,12H2,1-2H3. The Morgan fingerprint density at radius 1 is 1.06 bits per heavy atom. The maximum Gasteiger partial charge on any atom is 0.300 e. The topological polar surface area (TPSA) is 87.7 Å². The van der Waals surface area contributed by atoms with Crippen molar-refractivity contribution in [1.29, 1.82) is 0 Å². The number of benzene rings is 2. The van der Waals surface area contributed by atoms with Gasteiger partial charge in [0.1, 0.15) is 5.82 Å². The van der Waals surface area contributed by atoms with Crippen LogP contribution in [0.25, 0.3) is 11.3 Å². The van der Waals surface area contributed by atoms with Gasteiger partial charge in [-0.1, -0.05) is 17.8 Å². The zero-order valence-electron chi connectivity index (χ0n) is 16.6. The first kappa shape index (κ1) is 20.6. The zero-order chi connectivity index (χ0) is 22.0. The van der Waals surface area contributed by atoms with E-state index in [0.29, 0.717) is 27.9 Å². The zero-order valence-corrected chi connectivity index (χ0v) is 17.4. The third-order valence-corrected chi connectivity index (χ3v) is 5.51. The Labute approximate surface area is 180 Å². The van der Waals surface area contributed by atoms with Crippen LogP contribution in [0.3, 0.4) is 0 Å². The first-order valence-electron chi connectivity index (χ1n) is 9.12. The van der Waals surface area contributed by atoms with E-state index in [4.69, 9.17) is 9.47 Å². The maximum absolute atomic E-state index is 13.5. The lowest BCUT2D eigenvalue weighted by molar-refractivity contribution is 0.102. The SMILES string of the molecule is COc1ccc(C(=O)CSc2nnc3c(=O)n(-c4cccc(F)c4)ccn23)cc1OC. The predicted octanol–water partition coefficient (Wildman–Crippen LogP) is 3.01. The lowest BCUT2D eigenvalue weighted by atomic mass is 10.1. The van der Waals surface area contributed by atoms with Gasteiger partial charge in [0.15, 0.2) is 22.4 Å². The molecule has 8 nitrogen and oxygen atoms in total. The molecule has 0 saturated heterocycles. The van der Waals surface area contributed by atoms with Crippen LogP contribution < -0.4 is 15.0 Å². The highest BCUT2D eigenvalue weighted by molar-refractivity contribution is 7.99. The monoisotopic (exact) mass is 440 g/mol. The van der Waals surface area contributed by atoms with E-state index < -0.39 is 11.4 Å². The van der Waals surface area contributed by atoms with Crippen molar-refractivity contribution in [2.45, 2.75) is 5.16 Å². The normalized spacial score (nSPS) is 10.9. The van der Waals surface area contributed by atoms with Gasteiger partial charge in [-0.15, -0.1) is 10.2 Å². The Morgan fingerprint density at radius 3 is 2.61 bits per heavy atom. The number of halogens is 1. The van der Waals surface area contributed by atoms with E-state index in [-0.39, 0.29) is 17.2 Å². The summed E-state index contributed by atoms with van der Waals surface area (Å²) in [4.78, 5) is 25.4. The van der Waals surface area contributed by atoms with Gasteiger partial charge in [0.25, 0.3) is 0 Å². The highest BCUT2D eigenvalue weighted by Crippen LogP contribution is 2.28. The molecule has 10 heteroatoms. The number of Topliss-reactive ketones (excluding diaryl/α,β-unsaturated/α-hetero) is 1. The van der Waals surface area contributed by atoms with Crippen LogP contribution in [0.4, 0.5) is 4.39 Å². The smallest absolute Gasteiger partial charge is 0.300 e. The van der Waals surface area contributed by atoms with Crippen molar-refractivity contribution < 1.29 is 18.7 Å². The fourth-order valence-corrected chi connectivity index (χ4v) is 3.83. The quantitative estimate of drug-likeness (QED) is 0.322. The van der Waals surface area contributed by atoms with Gasteiger partial charge in [-0.25, -0.2) is 4.39 Å². The molecule has 0 bridgehead atoms. The third-order valence-electron chi connectivity index (χ3n) is 4.56. The summed E-state index contributed by atoms with van der Waals surface area (Å²) in [7, 11) is 3.02. The molecule has 158 valence electrons. The highest BCUT2D eigenvalue weighted by atomic mass is 32.2. The highest BCUT2D eigenvalue weighted by Gasteiger charge is 2.16. The molecule has 4 aromatic rings. The molecule has 0 radical (unpaired) electrons. The van der Waals surface area contributed by atoms with Crippen LogP contribution in [0, 0.1) is 5.82 Å². The van der Waals surface area contributed by atoms with Gasteiger partial charge in [0.2, 0.25) is 5.65 Å². The number of ether oxygens (including phenoxy) is 2. The van der Waals surface area contributed by atoms with E-state index >= 15 is 0 Å². The summed E-state index contributed by atoms with van der Waals surface area (Å²) in [5.74, 6) is 0.490. The summed E-state index contributed by atoms with van der Waals surface area (Å²) >= 11 is 1.16. The summed E-state index contributed by atoms with van der Waals surface area (Å²) in [6, 6.07) is 10.6. The second-order valence-corrected chi connectivity index (χ2v) is 7.35. The van der Waals surface area contributed by atoms with Crippen LogP contribution in [0.2, 0.25) is 0 Å². The Hall–Kier alpha value is -3.66. The maximum atomic E-state index is 13.5. The third kappa shape index (κ3) is 4.02. The number of rotatable bonds is 7. The van der Waals surface area contributed by atoms with Crippen LogP contribution in [0.1, 0.15) is 10.4 Å². The van der Waals surface area contributed by atoms with Crippen molar-refractivity contribution >= 4 is 23.2 Å². The van der Waals surface area contributed by atoms with Crippen LogP contribution in [-0.4, -0.2) is 44.9 Å². The number of hydrogen-bond acceptors (Lipinski definition) is 7. The Balaban J connectivity index is 1.57. The van der Waals surface area contributed by atoms with Gasteiger partial charge >= 0.3 is 5.56 Å². The molecule has 0 saturated carbocycles. The number of fused-ring (bicyclic) bond motifs is 1. The van der Waals surface area contributed by atoms with Gasteiger partial charge < -0.3 is 9.47 Å². The van der Waals surface area contributed by atoms with E-state index in [0.717, 1.165) is 11.8 Å². The summed E-state index contributed by atoms with van der Waals surface area (Å²) < 4.78 is 26.7. The van der Waals surface area contributed by atoms with Crippen LogP contribution in [0.5, 0.6) is 11.5 Å².